The Kier molecular flexibility index (Phi) is 7.34. The van der Waals surface area contributed by atoms with Crippen molar-refractivity contribution >= 4 is 16.2 Å². The fourth-order valence-electron chi connectivity index (χ4n) is 1.29. The van der Waals surface area contributed by atoms with Crippen LogP contribution in [0.25, 0.3) is 0 Å². The van der Waals surface area contributed by atoms with E-state index in [1.165, 1.54) is 0 Å². The smallest absolute Gasteiger partial charge is 0.333 e. The standard InChI is InChI=1S/C12H24O4Si/c1-6-12(17,16-10(13)9(4)5)11(14-7-2)15-8-3/h11H,4,6-8H2,1-3,5,17H3. The zero-order chi connectivity index (χ0) is 13.5. The summed E-state index contributed by atoms with van der Waals surface area (Å²) in [5.41, 5.74) is 0.394. The van der Waals surface area contributed by atoms with Crippen LogP contribution < -0.4 is 0 Å². The maximum atomic E-state index is 11.6. The Balaban J connectivity index is 4.80. The van der Waals surface area contributed by atoms with Crippen LogP contribution in [0.2, 0.25) is 0 Å². The molecule has 0 amide bonds. The largest absolute Gasteiger partial charge is 0.455 e. The van der Waals surface area contributed by atoms with E-state index in [1.807, 2.05) is 20.8 Å². The van der Waals surface area contributed by atoms with Crippen LogP contribution >= 0.6 is 0 Å². The third kappa shape index (κ3) is 5.02. The molecule has 100 valence electrons. The third-order valence-electron chi connectivity index (χ3n) is 2.51. The number of rotatable bonds is 8. The van der Waals surface area contributed by atoms with E-state index in [0.29, 0.717) is 35.5 Å². The number of hydrogen-bond acceptors (Lipinski definition) is 4. The fraction of sp³-hybridized carbons (Fsp3) is 0.750. The van der Waals surface area contributed by atoms with Crippen LogP contribution in [0.5, 0.6) is 0 Å². The second kappa shape index (κ2) is 7.63. The third-order valence-corrected chi connectivity index (χ3v) is 3.89. The minimum Gasteiger partial charge on any atom is -0.455 e. The molecule has 0 bridgehead atoms. The van der Waals surface area contributed by atoms with Gasteiger partial charge in [-0.25, -0.2) is 4.79 Å². The highest BCUT2D eigenvalue weighted by Gasteiger charge is 2.37. The summed E-state index contributed by atoms with van der Waals surface area (Å²) in [6, 6.07) is 0. The Morgan fingerprint density at radius 1 is 1.29 bits per heavy atom. The Labute approximate surface area is 107 Å². The zero-order valence-electron chi connectivity index (χ0n) is 11.5. The van der Waals surface area contributed by atoms with Gasteiger partial charge in [-0.3, -0.25) is 0 Å². The van der Waals surface area contributed by atoms with Gasteiger partial charge in [-0.05, 0) is 27.2 Å². The molecule has 1 unspecified atom stereocenters. The van der Waals surface area contributed by atoms with Crippen molar-refractivity contribution < 1.29 is 19.0 Å². The van der Waals surface area contributed by atoms with E-state index in [2.05, 4.69) is 6.58 Å². The lowest BCUT2D eigenvalue weighted by atomic mass is 10.2. The van der Waals surface area contributed by atoms with E-state index in [-0.39, 0.29) is 5.97 Å². The van der Waals surface area contributed by atoms with E-state index in [4.69, 9.17) is 14.2 Å². The van der Waals surface area contributed by atoms with E-state index in [9.17, 15) is 4.79 Å². The van der Waals surface area contributed by atoms with Crippen LogP contribution in [0.4, 0.5) is 0 Å². The molecule has 0 heterocycles. The van der Waals surface area contributed by atoms with Gasteiger partial charge in [-0.2, -0.15) is 0 Å². The fourth-order valence-corrected chi connectivity index (χ4v) is 1.81. The van der Waals surface area contributed by atoms with E-state index < -0.39 is 11.5 Å². The van der Waals surface area contributed by atoms with Crippen molar-refractivity contribution in [3.63, 3.8) is 0 Å². The lowest BCUT2D eigenvalue weighted by molar-refractivity contribution is -0.219. The lowest BCUT2D eigenvalue weighted by Crippen LogP contribution is -2.49. The van der Waals surface area contributed by atoms with Crippen LogP contribution in [0.1, 0.15) is 34.1 Å². The Hall–Kier alpha value is -0.653. The summed E-state index contributed by atoms with van der Waals surface area (Å²) >= 11 is 0. The first-order chi connectivity index (χ1) is 7.91. The van der Waals surface area contributed by atoms with Gasteiger partial charge >= 0.3 is 5.97 Å². The first-order valence-electron chi connectivity index (χ1n) is 6.03. The SMILES string of the molecule is C=C(C)C(=O)OC([SiH3])(CC)C(OCC)OCC. The molecule has 5 heteroatoms. The van der Waals surface area contributed by atoms with Gasteiger partial charge in [0.25, 0.3) is 0 Å². The van der Waals surface area contributed by atoms with E-state index >= 15 is 0 Å². The first kappa shape index (κ1) is 16.3. The monoisotopic (exact) mass is 260 g/mol. The van der Waals surface area contributed by atoms with Crippen molar-refractivity contribution in [2.75, 3.05) is 13.2 Å². The molecule has 0 saturated carbocycles. The predicted octanol–water partition coefficient (Wildman–Crippen LogP) is 0.976. The van der Waals surface area contributed by atoms with Gasteiger partial charge in [0.2, 0.25) is 0 Å². The minimum atomic E-state index is -0.651. The summed E-state index contributed by atoms with van der Waals surface area (Å²) in [4.78, 5) is 11.6. The molecule has 0 fully saturated rings. The van der Waals surface area contributed by atoms with E-state index in [0.717, 1.165) is 0 Å². The number of carbonyl (C=O) groups is 1. The molecule has 0 aromatic heterocycles. The minimum absolute atomic E-state index is 0.383. The number of hydrogen-bond donors (Lipinski definition) is 0. The molecule has 0 aliphatic rings. The highest BCUT2D eigenvalue weighted by atomic mass is 28.1. The number of carbonyl (C=O) groups excluding carboxylic acids is 1. The first-order valence-corrected chi connectivity index (χ1v) is 7.03. The molecule has 4 nitrogen and oxygen atoms in total. The Morgan fingerprint density at radius 3 is 2.06 bits per heavy atom. The van der Waals surface area contributed by atoms with Crippen LogP contribution in [0.3, 0.4) is 0 Å². The highest BCUT2D eigenvalue weighted by Crippen LogP contribution is 2.22. The summed E-state index contributed by atoms with van der Waals surface area (Å²) in [7, 11) is 0.640. The summed E-state index contributed by atoms with van der Waals surface area (Å²) in [5, 5.41) is -0.651. The van der Waals surface area contributed by atoms with Crippen LogP contribution in [-0.2, 0) is 19.0 Å². The van der Waals surface area contributed by atoms with Crippen molar-refractivity contribution in [1.82, 2.24) is 0 Å². The van der Waals surface area contributed by atoms with Crippen LogP contribution in [0, 0.1) is 0 Å². The van der Waals surface area contributed by atoms with Crippen molar-refractivity contribution in [3.05, 3.63) is 12.2 Å². The van der Waals surface area contributed by atoms with Crippen molar-refractivity contribution in [1.29, 1.82) is 0 Å². The Bertz CT molecular complexity index is 261. The van der Waals surface area contributed by atoms with Gasteiger partial charge in [0, 0.05) is 18.8 Å². The van der Waals surface area contributed by atoms with Gasteiger partial charge in [0.1, 0.15) is 5.22 Å². The normalized spacial score (nSPS) is 14.6. The molecular formula is C12H24O4Si. The van der Waals surface area contributed by atoms with Crippen molar-refractivity contribution in [2.45, 2.75) is 45.6 Å². The average molecular weight is 260 g/mol. The predicted molar refractivity (Wildman–Crippen MR) is 70.9 cm³/mol. The molecule has 0 saturated heterocycles. The maximum Gasteiger partial charge on any atom is 0.333 e. The second-order valence-corrected chi connectivity index (χ2v) is 5.77. The van der Waals surface area contributed by atoms with Crippen molar-refractivity contribution in [2.24, 2.45) is 0 Å². The average Bonchev–Trinajstić information content (AvgIpc) is 2.28. The summed E-state index contributed by atoms with van der Waals surface area (Å²) in [5.74, 6) is -0.383. The molecule has 17 heavy (non-hydrogen) atoms. The van der Waals surface area contributed by atoms with Gasteiger partial charge in [0.15, 0.2) is 6.29 Å². The topological polar surface area (TPSA) is 44.8 Å². The summed E-state index contributed by atoms with van der Waals surface area (Å²) < 4.78 is 16.5. The lowest BCUT2D eigenvalue weighted by Gasteiger charge is -2.35. The summed E-state index contributed by atoms with van der Waals surface area (Å²) in [6.45, 7) is 12.0. The molecule has 0 radical (unpaired) electrons. The van der Waals surface area contributed by atoms with Gasteiger partial charge in [-0.15, -0.1) is 0 Å². The molecule has 1 atom stereocenters. The molecular weight excluding hydrogens is 236 g/mol. The molecule has 0 rings (SSSR count). The maximum absolute atomic E-state index is 11.6. The molecule has 0 aliphatic heterocycles. The van der Waals surface area contributed by atoms with Crippen LogP contribution in [0.15, 0.2) is 12.2 Å². The molecule has 0 N–H and O–H groups in total. The zero-order valence-corrected chi connectivity index (χ0v) is 13.5. The quantitative estimate of drug-likeness (QED) is 0.282. The summed E-state index contributed by atoms with van der Waals surface area (Å²) in [6.07, 6.45) is 0.181. The van der Waals surface area contributed by atoms with E-state index in [1.54, 1.807) is 6.92 Å². The second-order valence-electron chi connectivity index (χ2n) is 4.08. The molecule has 0 aliphatic carbocycles. The number of esters is 1. The molecule has 0 aromatic rings. The van der Waals surface area contributed by atoms with Gasteiger partial charge in [-0.1, -0.05) is 13.5 Å². The molecule has 0 spiro atoms. The van der Waals surface area contributed by atoms with Gasteiger partial charge < -0.3 is 14.2 Å². The Morgan fingerprint density at radius 2 is 1.76 bits per heavy atom. The highest BCUT2D eigenvalue weighted by molar-refractivity contribution is 6.16. The molecule has 0 aromatic carbocycles. The number of ether oxygens (including phenoxy) is 3. The van der Waals surface area contributed by atoms with Crippen LogP contribution in [-0.4, -0.2) is 40.9 Å². The van der Waals surface area contributed by atoms with Crippen molar-refractivity contribution in [3.8, 4) is 0 Å². The van der Waals surface area contributed by atoms with Gasteiger partial charge in [0.05, 0.1) is 10.2 Å².